The van der Waals surface area contributed by atoms with E-state index in [-0.39, 0.29) is 5.75 Å². The van der Waals surface area contributed by atoms with Crippen molar-refractivity contribution in [3.05, 3.63) is 53.9 Å². The monoisotopic (exact) mass is 285 g/mol. The van der Waals surface area contributed by atoms with Gasteiger partial charge < -0.3 is 15.3 Å². The third-order valence-electron chi connectivity index (χ3n) is 3.43. The van der Waals surface area contributed by atoms with Crippen molar-refractivity contribution >= 4 is 5.69 Å². The molecular weight excluding hydrogens is 262 g/mol. The van der Waals surface area contributed by atoms with Gasteiger partial charge in [0.2, 0.25) is 0 Å². The number of aromatic nitrogens is 1. The molecule has 1 heterocycles. The van der Waals surface area contributed by atoms with Crippen LogP contribution in [0.1, 0.15) is 17.8 Å². The van der Waals surface area contributed by atoms with E-state index in [2.05, 4.69) is 46.5 Å². The fourth-order valence-electron chi connectivity index (χ4n) is 2.19. The summed E-state index contributed by atoms with van der Waals surface area (Å²) in [6.45, 7) is 4.41. The zero-order valence-corrected chi connectivity index (χ0v) is 12.7. The highest BCUT2D eigenvalue weighted by Crippen LogP contribution is 2.14. The second kappa shape index (κ2) is 7.64. The fourth-order valence-corrected chi connectivity index (χ4v) is 2.19. The first-order valence-corrected chi connectivity index (χ1v) is 7.29. The first-order chi connectivity index (χ1) is 10.2. The predicted octanol–water partition coefficient (Wildman–Crippen LogP) is 2.71. The van der Waals surface area contributed by atoms with E-state index in [1.165, 1.54) is 5.69 Å². The number of aryl methyl sites for hydroxylation is 1. The minimum atomic E-state index is 0.259. The first kappa shape index (κ1) is 15.3. The van der Waals surface area contributed by atoms with E-state index in [0.29, 0.717) is 12.2 Å². The van der Waals surface area contributed by atoms with Crippen LogP contribution in [0.2, 0.25) is 0 Å². The number of anilines is 1. The van der Waals surface area contributed by atoms with Crippen LogP contribution < -0.4 is 10.2 Å². The topological polar surface area (TPSA) is 48.4 Å². The summed E-state index contributed by atoms with van der Waals surface area (Å²) in [6.07, 6.45) is 1.04. The lowest BCUT2D eigenvalue weighted by molar-refractivity contribution is 0.458. The van der Waals surface area contributed by atoms with Gasteiger partial charge in [0.1, 0.15) is 5.75 Å². The molecule has 21 heavy (non-hydrogen) atoms. The third-order valence-corrected chi connectivity index (χ3v) is 3.43. The maximum absolute atomic E-state index is 9.72. The number of benzene rings is 1. The van der Waals surface area contributed by atoms with Crippen molar-refractivity contribution in [3.8, 4) is 5.75 Å². The minimum Gasteiger partial charge on any atom is -0.506 e. The summed E-state index contributed by atoms with van der Waals surface area (Å²) >= 11 is 0. The van der Waals surface area contributed by atoms with Crippen LogP contribution in [-0.2, 0) is 6.54 Å². The van der Waals surface area contributed by atoms with Crippen molar-refractivity contribution in [2.75, 3.05) is 25.0 Å². The second-order valence-electron chi connectivity index (χ2n) is 5.21. The molecule has 2 aromatic rings. The lowest BCUT2D eigenvalue weighted by Crippen LogP contribution is -2.23. The Bertz CT molecular complexity index is 557. The summed E-state index contributed by atoms with van der Waals surface area (Å²) in [5.41, 5.74) is 2.87. The van der Waals surface area contributed by atoms with E-state index in [0.717, 1.165) is 25.2 Å². The lowest BCUT2D eigenvalue weighted by atomic mass is 10.2. The van der Waals surface area contributed by atoms with E-state index in [4.69, 9.17) is 0 Å². The van der Waals surface area contributed by atoms with E-state index in [1.54, 1.807) is 6.07 Å². The SMILES string of the molecule is Cc1ccc(O)c(CNCCCN(C)c2ccccc2)n1. The molecule has 0 spiro atoms. The minimum absolute atomic E-state index is 0.259. The number of hydrogen-bond acceptors (Lipinski definition) is 4. The van der Waals surface area contributed by atoms with Gasteiger partial charge in [-0.1, -0.05) is 18.2 Å². The Kier molecular flexibility index (Phi) is 5.58. The van der Waals surface area contributed by atoms with Crippen molar-refractivity contribution in [2.45, 2.75) is 19.9 Å². The zero-order valence-electron chi connectivity index (χ0n) is 12.7. The number of rotatable bonds is 7. The van der Waals surface area contributed by atoms with Gasteiger partial charge in [0, 0.05) is 31.5 Å². The molecular formula is C17H23N3O. The lowest BCUT2D eigenvalue weighted by Gasteiger charge is -2.19. The molecule has 0 saturated heterocycles. The summed E-state index contributed by atoms with van der Waals surface area (Å²) in [5, 5.41) is 13.0. The van der Waals surface area contributed by atoms with Crippen molar-refractivity contribution in [2.24, 2.45) is 0 Å². The average molecular weight is 285 g/mol. The fraction of sp³-hybridized carbons (Fsp3) is 0.353. The van der Waals surface area contributed by atoms with Crippen LogP contribution >= 0.6 is 0 Å². The van der Waals surface area contributed by atoms with Gasteiger partial charge in [-0.05, 0) is 44.2 Å². The summed E-state index contributed by atoms with van der Waals surface area (Å²) < 4.78 is 0. The smallest absolute Gasteiger partial charge is 0.138 e. The van der Waals surface area contributed by atoms with Crippen molar-refractivity contribution in [3.63, 3.8) is 0 Å². The molecule has 0 fully saturated rings. The maximum Gasteiger partial charge on any atom is 0.138 e. The van der Waals surface area contributed by atoms with Crippen molar-refractivity contribution in [1.29, 1.82) is 0 Å². The van der Waals surface area contributed by atoms with E-state index >= 15 is 0 Å². The number of para-hydroxylation sites is 1. The van der Waals surface area contributed by atoms with Gasteiger partial charge in [-0.15, -0.1) is 0 Å². The molecule has 0 unspecified atom stereocenters. The molecule has 4 nitrogen and oxygen atoms in total. The van der Waals surface area contributed by atoms with Crippen molar-refractivity contribution in [1.82, 2.24) is 10.3 Å². The normalized spacial score (nSPS) is 10.6. The Labute approximate surface area is 126 Å². The number of aromatic hydroxyl groups is 1. The van der Waals surface area contributed by atoms with Crippen LogP contribution in [0.15, 0.2) is 42.5 Å². The Morgan fingerprint density at radius 2 is 1.90 bits per heavy atom. The number of nitrogens with one attached hydrogen (secondary N) is 1. The van der Waals surface area contributed by atoms with E-state index in [1.807, 2.05) is 19.1 Å². The molecule has 0 atom stereocenters. The first-order valence-electron chi connectivity index (χ1n) is 7.29. The third kappa shape index (κ3) is 4.76. The summed E-state index contributed by atoms with van der Waals surface area (Å²) in [6, 6.07) is 13.9. The molecule has 1 aromatic carbocycles. The van der Waals surface area contributed by atoms with Gasteiger partial charge in [0.05, 0.1) is 5.69 Å². The van der Waals surface area contributed by atoms with Crippen LogP contribution in [0.4, 0.5) is 5.69 Å². The van der Waals surface area contributed by atoms with Gasteiger partial charge in [-0.2, -0.15) is 0 Å². The molecule has 0 aliphatic rings. The van der Waals surface area contributed by atoms with E-state index in [9.17, 15) is 5.11 Å². The molecule has 2 rings (SSSR count). The molecule has 0 aliphatic carbocycles. The van der Waals surface area contributed by atoms with E-state index < -0.39 is 0 Å². The highest BCUT2D eigenvalue weighted by atomic mass is 16.3. The molecule has 2 N–H and O–H groups in total. The highest BCUT2D eigenvalue weighted by molar-refractivity contribution is 5.44. The largest absolute Gasteiger partial charge is 0.506 e. The van der Waals surface area contributed by atoms with Gasteiger partial charge in [-0.3, -0.25) is 4.98 Å². The number of nitrogens with zero attached hydrogens (tertiary/aromatic N) is 2. The number of pyridine rings is 1. The molecule has 1 aromatic heterocycles. The summed E-state index contributed by atoms with van der Waals surface area (Å²) in [7, 11) is 2.10. The molecule has 0 aliphatic heterocycles. The van der Waals surface area contributed by atoms with Crippen LogP contribution in [0.25, 0.3) is 0 Å². The van der Waals surface area contributed by atoms with Gasteiger partial charge >= 0.3 is 0 Å². The Balaban J connectivity index is 1.69. The molecule has 4 heteroatoms. The molecule has 112 valence electrons. The Hall–Kier alpha value is -2.07. The molecule has 0 amide bonds. The van der Waals surface area contributed by atoms with Gasteiger partial charge in [0.25, 0.3) is 0 Å². The van der Waals surface area contributed by atoms with Crippen LogP contribution in [0.5, 0.6) is 5.75 Å². The highest BCUT2D eigenvalue weighted by Gasteiger charge is 2.03. The van der Waals surface area contributed by atoms with Crippen molar-refractivity contribution < 1.29 is 5.11 Å². The number of hydrogen-bond donors (Lipinski definition) is 2. The summed E-state index contributed by atoms with van der Waals surface area (Å²) in [5.74, 6) is 0.259. The Morgan fingerprint density at radius 3 is 2.67 bits per heavy atom. The maximum atomic E-state index is 9.72. The van der Waals surface area contributed by atoms with Crippen LogP contribution in [-0.4, -0.2) is 30.2 Å². The standard InChI is InChI=1S/C17H23N3O/c1-14-9-10-17(21)16(19-14)13-18-11-6-12-20(2)15-7-4-3-5-8-15/h3-5,7-10,18,21H,6,11-13H2,1-2H3. The van der Waals surface area contributed by atoms with Crippen LogP contribution in [0, 0.1) is 6.92 Å². The summed E-state index contributed by atoms with van der Waals surface area (Å²) in [4.78, 5) is 6.57. The predicted molar refractivity (Wildman–Crippen MR) is 86.7 cm³/mol. The van der Waals surface area contributed by atoms with Gasteiger partial charge in [0.15, 0.2) is 0 Å². The Morgan fingerprint density at radius 1 is 1.14 bits per heavy atom. The molecule has 0 bridgehead atoms. The van der Waals surface area contributed by atoms with Crippen LogP contribution in [0.3, 0.4) is 0 Å². The quantitative estimate of drug-likeness (QED) is 0.768. The molecule has 0 saturated carbocycles. The second-order valence-corrected chi connectivity index (χ2v) is 5.21. The average Bonchev–Trinajstić information content (AvgIpc) is 2.51. The molecule has 0 radical (unpaired) electrons. The zero-order chi connectivity index (χ0) is 15.1. The van der Waals surface area contributed by atoms with Gasteiger partial charge in [-0.25, -0.2) is 0 Å².